The van der Waals surface area contributed by atoms with Crippen LogP contribution in [0.3, 0.4) is 0 Å². The highest BCUT2D eigenvalue weighted by Gasteiger charge is 2.22. The number of rotatable bonds is 9. The Bertz CT molecular complexity index is 1560. The lowest BCUT2D eigenvalue weighted by Gasteiger charge is -2.27. The molecule has 1 aliphatic heterocycles. The largest absolute Gasteiger partial charge is 0.494 e. The number of nitrogens with one attached hydrogen (secondary N) is 2. The van der Waals surface area contributed by atoms with E-state index in [1.54, 1.807) is 12.1 Å². The van der Waals surface area contributed by atoms with Crippen molar-refractivity contribution >= 4 is 32.3 Å². The van der Waals surface area contributed by atoms with Crippen LogP contribution in [0.5, 0.6) is 5.75 Å². The number of benzene rings is 2. The zero-order valence-corrected chi connectivity index (χ0v) is 24.1. The van der Waals surface area contributed by atoms with E-state index in [9.17, 15) is 22.4 Å². The molecule has 1 atom stereocenters. The van der Waals surface area contributed by atoms with Crippen molar-refractivity contribution in [3.05, 3.63) is 52.6 Å². The summed E-state index contributed by atoms with van der Waals surface area (Å²) in [6, 6.07) is 9.47. The number of ether oxygens (including phenoxy) is 1. The fraction of sp³-hybridized carbons (Fsp3) is 0.464. The monoisotopic (exact) mass is 573 g/mol. The summed E-state index contributed by atoms with van der Waals surface area (Å²) in [7, 11) is -1.73. The third-order valence-electron chi connectivity index (χ3n) is 6.78. The smallest absolute Gasteiger partial charge is 0.262 e. The third kappa shape index (κ3) is 7.16. The fourth-order valence-electron chi connectivity index (χ4n) is 4.86. The molecule has 1 fully saturated rings. The first-order valence-corrected chi connectivity index (χ1v) is 15.3. The average Bonchev–Trinajstić information content (AvgIpc) is 3.14. The van der Waals surface area contributed by atoms with Crippen LogP contribution < -0.4 is 25.8 Å². The SMILES string of the molecule is COc1cc(-c2nc3ccc(N4CCCNC(CCS(C)(=O)=O)C4)cc3c(=O)n2CC(=O)NC(C)C)ccc1F. The highest BCUT2D eigenvalue weighted by atomic mass is 32.2. The van der Waals surface area contributed by atoms with Crippen LogP contribution in [-0.2, 0) is 21.2 Å². The van der Waals surface area contributed by atoms with Gasteiger partial charge in [0.1, 0.15) is 22.2 Å². The van der Waals surface area contributed by atoms with E-state index >= 15 is 0 Å². The Balaban J connectivity index is 1.77. The van der Waals surface area contributed by atoms with Crippen molar-refractivity contribution in [1.82, 2.24) is 20.2 Å². The molecule has 12 heteroatoms. The van der Waals surface area contributed by atoms with Crippen molar-refractivity contribution in [1.29, 1.82) is 0 Å². The standard InChI is InChI=1S/C28H36FN5O5S/c1-18(2)31-26(35)17-34-27(19-6-8-23(29)25(14-19)39-3)32-24-9-7-21(15-22(24)28(34)36)33-12-5-11-30-20(16-33)10-13-40(4,37)38/h6-9,14-15,18,20,30H,5,10-13,16-17H2,1-4H3,(H,31,35). The summed E-state index contributed by atoms with van der Waals surface area (Å²) in [5.41, 5.74) is 1.29. The van der Waals surface area contributed by atoms with E-state index in [4.69, 9.17) is 9.72 Å². The molecule has 2 aromatic carbocycles. The number of hydrogen-bond acceptors (Lipinski definition) is 8. The Labute approximate surface area is 233 Å². The molecule has 40 heavy (non-hydrogen) atoms. The molecular formula is C28H36FN5O5S. The van der Waals surface area contributed by atoms with Crippen molar-refractivity contribution in [2.24, 2.45) is 0 Å². The molecule has 1 saturated heterocycles. The summed E-state index contributed by atoms with van der Waals surface area (Å²) in [5, 5.41) is 6.57. The maximum atomic E-state index is 14.1. The minimum atomic E-state index is -3.08. The number of methoxy groups -OCH3 is 1. The van der Waals surface area contributed by atoms with E-state index in [2.05, 4.69) is 15.5 Å². The highest BCUT2D eigenvalue weighted by Crippen LogP contribution is 2.27. The normalized spacial score (nSPS) is 16.2. The van der Waals surface area contributed by atoms with Gasteiger partial charge in [-0.25, -0.2) is 17.8 Å². The molecule has 0 saturated carbocycles. The zero-order valence-electron chi connectivity index (χ0n) is 23.2. The van der Waals surface area contributed by atoms with Gasteiger partial charge in [0.25, 0.3) is 5.56 Å². The molecule has 1 aromatic heterocycles. The molecule has 0 spiro atoms. The lowest BCUT2D eigenvalue weighted by atomic mass is 10.1. The van der Waals surface area contributed by atoms with Gasteiger partial charge in [-0.05, 0) is 69.6 Å². The van der Waals surface area contributed by atoms with Crippen LogP contribution in [0.15, 0.2) is 41.2 Å². The van der Waals surface area contributed by atoms with Crippen LogP contribution in [0.2, 0.25) is 0 Å². The van der Waals surface area contributed by atoms with Gasteiger partial charge in [0.2, 0.25) is 5.91 Å². The minimum Gasteiger partial charge on any atom is -0.494 e. The van der Waals surface area contributed by atoms with Gasteiger partial charge in [0, 0.05) is 42.7 Å². The second kappa shape index (κ2) is 12.3. The van der Waals surface area contributed by atoms with Gasteiger partial charge in [-0.2, -0.15) is 0 Å². The van der Waals surface area contributed by atoms with Crippen molar-refractivity contribution in [3.8, 4) is 17.1 Å². The van der Waals surface area contributed by atoms with Crippen LogP contribution in [0.4, 0.5) is 10.1 Å². The van der Waals surface area contributed by atoms with Crippen molar-refractivity contribution in [3.63, 3.8) is 0 Å². The summed E-state index contributed by atoms with van der Waals surface area (Å²) in [6.45, 7) is 5.49. The van der Waals surface area contributed by atoms with Gasteiger partial charge in [-0.15, -0.1) is 0 Å². The predicted octanol–water partition coefficient (Wildman–Crippen LogP) is 2.34. The average molecular weight is 574 g/mol. The molecule has 1 amide bonds. The number of aromatic nitrogens is 2. The van der Waals surface area contributed by atoms with Gasteiger partial charge >= 0.3 is 0 Å². The molecular weight excluding hydrogens is 537 g/mol. The van der Waals surface area contributed by atoms with Gasteiger partial charge in [-0.1, -0.05) is 0 Å². The van der Waals surface area contributed by atoms with Crippen molar-refractivity contribution in [2.45, 2.75) is 45.3 Å². The number of hydrogen-bond donors (Lipinski definition) is 2. The molecule has 1 unspecified atom stereocenters. The van der Waals surface area contributed by atoms with Gasteiger partial charge in [0.15, 0.2) is 11.6 Å². The molecule has 3 aromatic rings. The first-order chi connectivity index (χ1) is 18.9. The molecule has 10 nitrogen and oxygen atoms in total. The maximum Gasteiger partial charge on any atom is 0.262 e. The highest BCUT2D eigenvalue weighted by molar-refractivity contribution is 7.90. The topological polar surface area (TPSA) is 123 Å². The molecule has 0 bridgehead atoms. The van der Waals surface area contributed by atoms with E-state index in [1.807, 2.05) is 19.9 Å². The van der Waals surface area contributed by atoms with Gasteiger partial charge < -0.3 is 20.3 Å². The lowest BCUT2D eigenvalue weighted by molar-refractivity contribution is -0.122. The Morgan fingerprint density at radius 3 is 2.73 bits per heavy atom. The summed E-state index contributed by atoms with van der Waals surface area (Å²) in [6.07, 6.45) is 2.59. The zero-order chi connectivity index (χ0) is 29.0. The lowest BCUT2D eigenvalue weighted by Crippen LogP contribution is -2.39. The van der Waals surface area contributed by atoms with E-state index in [0.717, 1.165) is 25.2 Å². The van der Waals surface area contributed by atoms with E-state index < -0.39 is 21.2 Å². The Morgan fingerprint density at radius 1 is 1.25 bits per heavy atom. The minimum absolute atomic E-state index is 0.000533. The Hall–Kier alpha value is -3.51. The first-order valence-electron chi connectivity index (χ1n) is 13.3. The third-order valence-corrected chi connectivity index (χ3v) is 7.76. The number of nitrogens with zero attached hydrogens (tertiary/aromatic N) is 3. The molecule has 1 aliphatic rings. The predicted molar refractivity (Wildman–Crippen MR) is 154 cm³/mol. The van der Waals surface area contributed by atoms with Crippen LogP contribution in [0, 0.1) is 5.82 Å². The molecule has 0 radical (unpaired) electrons. The number of amides is 1. The van der Waals surface area contributed by atoms with Gasteiger partial charge in [0.05, 0.1) is 23.8 Å². The Morgan fingerprint density at radius 2 is 2.02 bits per heavy atom. The molecule has 2 N–H and O–H groups in total. The van der Waals surface area contributed by atoms with Crippen LogP contribution in [0.1, 0.15) is 26.7 Å². The van der Waals surface area contributed by atoms with Crippen molar-refractivity contribution < 1.29 is 22.3 Å². The molecule has 0 aliphatic carbocycles. The summed E-state index contributed by atoms with van der Waals surface area (Å²) >= 11 is 0. The van der Waals surface area contributed by atoms with E-state index in [1.165, 1.54) is 36.1 Å². The quantitative estimate of drug-likeness (QED) is 0.400. The summed E-state index contributed by atoms with van der Waals surface area (Å²) < 4.78 is 44.0. The maximum absolute atomic E-state index is 14.1. The number of sulfone groups is 1. The summed E-state index contributed by atoms with van der Waals surface area (Å²) in [4.78, 5) is 33.5. The summed E-state index contributed by atoms with van der Waals surface area (Å²) in [5.74, 6) is -0.579. The number of carbonyl (C=O) groups excluding carboxylic acids is 1. The second-order valence-electron chi connectivity index (χ2n) is 10.5. The molecule has 4 rings (SSSR count). The van der Waals surface area contributed by atoms with Crippen LogP contribution in [0.25, 0.3) is 22.3 Å². The van der Waals surface area contributed by atoms with E-state index in [-0.39, 0.29) is 41.9 Å². The number of anilines is 1. The first kappa shape index (κ1) is 29.5. The number of halogens is 1. The number of carbonyl (C=O) groups is 1. The fourth-order valence-corrected chi connectivity index (χ4v) is 5.58. The van der Waals surface area contributed by atoms with Crippen LogP contribution in [-0.4, -0.2) is 74.7 Å². The number of fused-ring (bicyclic) bond motifs is 1. The Kier molecular flexibility index (Phi) is 9.09. The van der Waals surface area contributed by atoms with Crippen molar-refractivity contribution in [2.75, 3.05) is 43.7 Å². The molecule has 2 heterocycles. The molecule has 216 valence electrons. The second-order valence-corrected chi connectivity index (χ2v) is 12.7. The van der Waals surface area contributed by atoms with E-state index in [0.29, 0.717) is 29.4 Å². The van der Waals surface area contributed by atoms with Gasteiger partial charge in [-0.3, -0.25) is 14.2 Å². The van der Waals surface area contributed by atoms with Crippen LogP contribution >= 0.6 is 0 Å².